The lowest BCUT2D eigenvalue weighted by Crippen LogP contribution is -2.44. The highest BCUT2D eigenvalue weighted by Gasteiger charge is 2.30. The highest BCUT2D eigenvalue weighted by molar-refractivity contribution is 5.94. The van der Waals surface area contributed by atoms with E-state index in [1.807, 2.05) is 0 Å². The third-order valence-electron chi connectivity index (χ3n) is 3.78. The van der Waals surface area contributed by atoms with E-state index in [1.165, 1.54) is 18.6 Å². The number of nitrogens with zero attached hydrogens (tertiary/aromatic N) is 1. The summed E-state index contributed by atoms with van der Waals surface area (Å²) in [6.45, 7) is 3.50. The summed E-state index contributed by atoms with van der Waals surface area (Å²) in [6.07, 6.45) is -1.12. The minimum Gasteiger partial charge on any atom is -0.325 e. The first kappa shape index (κ1) is 15.8. The summed E-state index contributed by atoms with van der Waals surface area (Å²) >= 11 is 0. The monoisotopic (exact) mass is 300 g/mol. The number of benzene rings is 1. The van der Waals surface area contributed by atoms with E-state index >= 15 is 0 Å². The molecule has 0 bridgehead atoms. The van der Waals surface area contributed by atoms with Crippen molar-refractivity contribution in [2.24, 2.45) is 0 Å². The zero-order chi connectivity index (χ0) is 15.5. The molecule has 3 nitrogen and oxygen atoms in total. The Morgan fingerprint density at radius 1 is 1.24 bits per heavy atom. The maximum absolute atomic E-state index is 12.6. The first-order valence-corrected chi connectivity index (χ1v) is 7.10. The smallest absolute Gasteiger partial charge is 0.325 e. The van der Waals surface area contributed by atoms with Crippen molar-refractivity contribution >= 4 is 11.6 Å². The molecule has 21 heavy (non-hydrogen) atoms. The summed E-state index contributed by atoms with van der Waals surface area (Å²) in [6, 6.07) is 4.38. The van der Waals surface area contributed by atoms with Gasteiger partial charge in [-0.25, -0.2) is 0 Å². The fourth-order valence-electron chi connectivity index (χ4n) is 2.49. The number of anilines is 1. The van der Waals surface area contributed by atoms with Crippen molar-refractivity contribution in [2.45, 2.75) is 38.4 Å². The van der Waals surface area contributed by atoms with Crippen LogP contribution in [0.3, 0.4) is 0 Å². The Balaban J connectivity index is 2.02. The number of piperidine rings is 1. The van der Waals surface area contributed by atoms with Crippen molar-refractivity contribution < 1.29 is 18.0 Å². The van der Waals surface area contributed by atoms with Crippen LogP contribution >= 0.6 is 0 Å². The Morgan fingerprint density at radius 2 is 1.90 bits per heavy atom. The summed E-state index contributed by atoms with van der Waals surface area (Å²) < 4.78 is 37.9. The molecule has 1 saturated heterocycles. The van der Waals surface area contributed by atoms with Crippen molar-refractivity contribution in [1.82, 2.24) is 4.90 Å². The number of amides is 1. The molecule has 0 aliphatic carbocycles. The largest absolute Gasteiger partial charge is 0.416 e. The minimum atomic E-state index is -4.40. The topological polar surface area (TPSA) is 32.3 Å². The molecular weight excluding hydrogens is 281 g/mol. The van der Waals surface area contributed by atoms with Gasteiger partial charge in [0, 0.05) is 5.69 Å². The average molecular weight is 300 g/mol. The maximum Gasteiger partial charge on any atom is 0.416 e. The molecule has 1 aliphatic heterocycles. The Kier molecular flexibility index (Phi) is 4.88. The lowest BCUT2D eigenvalue weighted by Gasteiger charge is -2.31. The van der Waals surface area contributed by atoms with Crippen LogP contribution in [0.25, 0.3) is 0 Å². The number of halogens is 3. The van der Waals surface area contributed by atoms with Crippen LogP contribution < -0.4 is 5.32 Å². The molecular formula is C15H19F3N2O. The number of carbonyl (C=O) groups is 1. The Hall–Kier alpha value is -1.56. The number of carbonyl (C=O) groups excluding carboxylic acids is 1. The third-order valence-corrected chi connectivity index (χ3v) is 3.78. The predicted octanol–water partition coefficient (Wildman–Crippen LogP) is 3.52. The molecule has 0 spiro atoms. The normalized spacial score (nSPS) is 18.3. The van der Waals surface area contributed by atoms with Gasteiger partial charge in [0.1, 0.15) is 0 Å². The quantitative estimate of drug-likeness (QED) is 0.926. The van der Waals surface area contributed by atoms with Crippen molar-refractivity contribution in [3.8, 4) is 0 Å². The summed E-state index contributed by atoms with van der Waals surface area (Å²) in [5, 5.41) is 2.57. The number of likely N-dealkylation sites (tertiary alicyclic amines) is 1. The van der Waals surface area contributed by atoms with Crippen molar-refractivity contribution in [2.75, 3.05) is 18.4 Å². The standard InChI is InChI=1S/C15H19F3N2O/c1-11(20-8-3-2-4-9-20)14(21)19-13-7-5-6-12(10-13)15(16,17)18/h5-7,10-11H,2-4,8-9H2,1H3,(H,19,21)/t11-/m1/s1. The molecule has 1 atom stereocenters. The van der Waals surface area contributed by atoms with Gasteiger partial charge >= 0.3 is 6.18 Å². The van der Waals surface area contributed by atoms with Crippen LogP contribution in [0.4, 0.5) is 18.9 Å². The molecule has 1 amide bonds. The van der Waals surface area contributed by atoms with Crippen LogP contribution in [-0.4, -0.2) is 29.9 Å². The van der Waals surface area contributed by atoms with Crippen LogP contribution in [0.15, 0.2) is 24.3 Å². The Morgan fingerprint density at radius 3 is 2.52 bits per heavy atom. The fraction of sp³-hybridized carbons (Fsp3) is 0.533. The highest BCUT2D eigenvalue weighted by Crippen LogP contribution is 2.30. The molecule has 1 aromatic rings. The zero-order valence-corrected chi connectivity index (χ0v) is 11.9. The fourth-order valence-corrected chi connectivity index (χ4v) is 2.49. The molecule has 6 heteroatoms. The average Bonchev–Trinajstić information content (AvgIpc) is 2.47. The molecule has 0 saturated carbocycles. The van der Waals surface area contributed by atoms with Gasteiger partial charge < -0.3 is 5.32 Å². The van der Waals surface area contributed by atoms with Crippen LogP contribution in [0, 0.1) is 0 Å². The molecule has 0 aromatic heterocycles. The predicted molar refractivity (Wildman–Crippen MR) is 75.0 cm³/mol. The van der Waals surface area contributed by atoms with Gasteiger partial charge in [-0.15, -0.1) is 0 Å². The molecule has 0 radical (unpaired) electrons. The Labute approximate surface area is 122 Å². The molecule has 2 rings (SSSR count). The van der Waals surface area contributed by atoms with E-state index in [4.69, 9.17) is 0 Å². The summed E-state index contributed by atoms with van der Waals surface area (Å²) in [5.41, 5.74) is -0.579. The number of nitrogens with one attached hydrogen (secondary N) is 1. The van der Waals surface area contributed by atoms with Gasteiger partial charge in [-0.1, -0.05) is 12.5 Å². The molecule has 1 aliphatic rings. The third kappa shape index (κ3) is 4.20. The van der Waals surface area contributed by atoms with E-state index in [9.17, 15) is 18.0 Å². The van der Waals surface area contributed by atoms with Gasteiger partial charge in [-0.05, 0) is 51.1 Å². The number of alkyl halides is 3. The van der Waals surface area contributed by atoms with Gasteiger partial charge in [0.25, 0.3) is 0 Å². The van der Waals surface area contributed by atoms with E-state index in [2.05, 4.69) is 10.2 Å². The van der Waals surface area contributed by atoms with Gasteiger partial charge in [-0.2, -0.15) is 13.2 Å². The Bertz CT molecular complexity index is 496. The van der Waals surface area contributed by atoms with Crippen molar-refractivity contribution in [1.29, 1.82) is 0 Å². The molecule has 1 aromatic carbocycles. The summed E-state index contributed by atoms with van der Waals surface area (Å²) in [7, 11) is 0. The van der Waals surface area contributed by atoms with Crippen LogP contribution in [-0.2, 0) is 11.0 Å². The lowest BCUT2D eigenvalue weighted by atomic mass is 10.1. The maximum atomic E-state index is 12.6. The van der Waals surface area contributed by atoms with Crippen molar-refractivity contribution in [3.63, 3.8) is 0 Å². The summed E-state index contributed by atoms with van der Waals surface area (Å²) in [4.78, 5) is 14.2. The van der Waals surface area contributed by atoms with E-state index in [1.54, 1.807) is 6.92 Å². The number of rotatable bonds is 3. The van der Waals surface area contributed by atoms with E-state index in [0.29, 0.717) is 0 Å². The molecule has 1 heterocycles. The van der Waals surface area contributed by atoms with E-state index in [0.717, 1.165) is 38.1 Å². The van der Waals surface area contributed by atoms with Gasteiger partial charge in [-0.3, -0.25) is 9.69 Å². The number of hydrogen-bond acceptors (Lipinski definition) is 2. The van der Waals surface area contributed by atoms with Crippen LogP contribution in [0.5, 0.6) is 0 Å². The first-order chi connectivity index (χ1) is 9.88. The second kappa shape index (κ2) is 6.47. The van der Waals surface area contributed by atoms with Crippen LogP contribution in [0.1, 0.15) is 31.7 Å². The van der Waals surface area contributed by atoms with Crippen LogP contribution in [0.2, 0.25) is 0 Å². The lowest BCUT2D eigenvalue weighted by molar-refractivity contribution is -0.137. The van der Waals surface area contributed by atoms with E-state index < -0.39 is 11.7 Å². The second-order valence-electron chi connectivity index (χ2n) is 5.34. The minimum absolute atomic E-state index is 0.179. The molecule has 116 valence electrons. The van der Waals surface area contributed by atoms with Crippen molar-refractivity contribution in [3.05, 3.63) is 29.8 Å². The highest BCUT2D eigenvalue weighted by atomic mass is 19.4. The molecule has 0 unspecified atom stereocenters. The molecule has 1 fully saturated rings. The second-order valence-corrected chi connectivity index (χ2v) is 5.34. The van der Waals surface area contributed by atoms with Gasteiger partial charge in [0.2, 0.25) is 5.91 Å². The van der Waals surface area contributed by atoms with Gasteiger partial charge in [0.15, 0.2) is 0 Å². The SMILES string of the molecule is C[C@H](C(=O)Nc1cccc(C(F)(F)F)c1)N1CCCCC1. The van der Waals surface area contributed by atoms with E-state index in [-0.39, 0.29) is 17.6 Å². The van der Waals surface area contributed by atoms with Gasteiger partial charge in [0.05, 0.1) is 11.6 Å². The zero-order valence-electron chi connectivity index (χ0n) is 11.9. The summed E-state index contributed by atoms with van der Waals surface area (Å²) in [5.74, 6) is -0.267. The number of hydrogen-bond donors (Lipinski definition) is 1. The molecule has 1 N–H and O–H groups in total. The first-order valence-electron chi connectivity index (χ1n) is 7.10.